The highest BCUT2D eigenvalue weighted by molar-refractivity contribution is 5.77. The first-order valence-corrected chi connectivity index (χ1v) is 3.50. The van der Waals surface area contributed by atoms with Crippen LogP contribution in [0, 0.1) is 11.8 Å². The largest absolute Gasteiger partial charge is 0.481 e. The number of cyclic esters (lactones) is 1. The fourth-order valence-electron chi connectivity index (χ4n) is 1.09. The fraction of sp³-hybridized carbons (Fsp3) is 0.714. The minimum atomic E-state index is -0.885. The smallest absolute Gasteiger partial charge is 0.309 e. The first-order valence-electron chi connectivity index (χ1n) is 3.50. The van der Waals surface area contributed by atoms with Crippen LogP contribution in [0.5, 0.6) is 0 Å². The van der Waals surface area contributed by atoms with Crippen molar-refractivity contribution in [1.82, 2.24) is 0 Å². The zero-order valence-electron chi connectivity index (χ0n) is 6.24. The highest BCUT2D eigenvalue weighted by Crippen LogP contribution is 2.19. The zero-order chi connectivity index (χ0) is 8.43. The molecule has 4 heteroatoms. The van der Waals surface area contributed by atoms with Crippen molar-refractivity contribution < 1.29 is 19.4 Å². The quantitative estimate of drug-likeness (QED) is 0.556. The minimum absolute atomic E-state index is 0.0263. The van der Waals surface area contributed by atoms with E-state index in [0.717, 1.165) is 0 Å². The molecule has 2 atom stereocenters. The summed E-state index contributed by atoms with van der Waals surface area (Å²) in [5.74, 6) is -1.96. The van der Waals surface area contributed by atoms with Crippen molar-refractivity contribution in [2.75, 3.05) is 6.61 Å². The van der Waals surface area contributed by atoms with Crippen LogP contribution in [0.3, 0.4) is 0 Å². The summed E-state index contributed by atoms with van der Waals surface area (Å²) in [7, 11) is 0. The Hall–Kier alpha value is -1.06. The van der Waals surface area contributed by atoms with Crippen molar-refractivity contribution in [2.24, 2.45) is 11.8 Å². The summed E-state index contributed by atoms with van der Waals surface area (Å²) < 4.78 is 4.64. The normalized spacial score (nSPS) is 31.2. The molecule has 1 aliphatic rings. The molecular weight excluding hydrogens is 148 g/mol. The van der Waals surface area contributed by atoms with Gasteiger partial charge in [-0.1, -0.05) is 6.92 Å². The summed E-state index contributed by atoms with van der Waals surface area (Å²) >= 11 is 0. The molecule has 1 heterocycles. The molecule has 1 aliphatic heterocycles. The highest BCUT2D eigenvalue weighted by atomic mass is 16.5. The van der Waals surface area contributed by atoms with Gasteiger partial charge < -0.3 is 9.84 Å². The fourth-order valence-corrected chi connectivity index (χ4v) is 1.09. The molecule has 1 saturated heterocycles. The predicted molar refractivity (Wildman–Crippen MR) is 35.9 cm³/mol. The second-order valence-electron chi connectivity index (χ2n) is 2.80. The van der Waals surface area contributed by atoms with Crippen LogP contribution >= 0.6 is 0 Å². The third kappa shape index (κ3) is 1.69. The molecule has 4 nitrogen and oxygen atoms in total. The van der Waals surface area contributed by atoms with E-state index in [2.05, 4.69) is 4.74 Å². The Kier molecular flexibility index (Phi) is 2.12. The van der Waals surface area contributed by atoms with E-state index in [-0.39, 0.29) is 18.5 Å². The Morgan fingerprint density at radius 3 is 2.82 bits per heavy atom. The predicted octanol–water partition coefficient (Wildman–Crippen LogP) is 0.270. The van der Waals surface area contributed by atoms with Crippen LogP contribution in [-0.2, 0) is 14.3 Å². The summed E-state index contributed by atoms with van der Waals surface area (Å²) in [5, 5.41) is 8.55. The van der Waals surface area contributed by atoms with Crippen LogP contribution < -0.4 is 0 Å². The second kappa shape index (κ2) is 2.90. The highest BCUT2D eigenvalue weighted by Gasteiger charge is 2.31. The van der Waals surface area contributed by atoms with E-state index in [1.807, 2.05) is 0 Å². The number of hydrogen-bond donors (Lipinski definition) is 1. The maximum absolute atomic E-state index is 10.7. The van der Waals surface area contributed by atoms with Gasteiger partial charge in [0, 0.05) is 0 Å². The van der Waals surface area contributed by atoms with Crippen molar-refractivity contribution in [1.29, 1.82) is 0 Å². The van der Waals surface area contributed by atoms with Crippen molar-refractivity contribution in [2.45, 2.75) is 13.3 Å². The summed E-state index contributed by atoms with van der Waals surface area (Å²) in [5.41, 5.74) is 0. The number of esters is 1. The number of carboxylic acids is 1. The van der Waals surface area contributed by atoms with E-state index in [0.29, 0.717) is 6.42 Å². The third-order valence-corrected chi connectivity index (χ3v) is 1.82. The van der Waals surface area contributed by atoms with Gasteiger partial charge in [0.15, 0.2) is 0 Å². The molecule has 1 fully saturated rings. The number of hydrogen-bond acceptors (Lipinski definition) is 3. The lowest BCUT2D eigenvalue weighted by Crippen LogP contribution is -2.33. The molecule has 2 unspecified atom stereocenters. The summed E-state index contributed by atoms with van der Waals surface area (Å²) in [6, 6.07) is 0. The molecule has 0 saturated carbocycles. The maximum atomic E-state index is 10.7. The van der Waals surface area contributed by atoms with Gasteiger partial charge in [-0.3, -0.25) is 9.59 Å². The zero-order valence-corrected chi connectivity index (χ0v) is 6.24. The summed E-state index contributed by atoms with van der Waals surface area (Å²) in [6.45, 7) is 1.70. The minimum Gasteiger partial charge on any atom is -0.481 e. The summed E-state index contributed by atoms with van der Waals surface area (Å²) in [6.07, 6.45) is 0.397. The number of rotatable bonds is 1. The van der Waals surface area contributed by atoms with E-state index in [1.54, 1.807) is 6.92 Å². The van der Waals surface area contributed by atoms with E-state index in [9.17, 15) is 9.59 Å². The molecule has 0 radical (unpaired) electrons. The topological polar surface area (TPSA) is 63.6 Å². The SMILES string of the molecule is CC1CC(C(=O)O)COC1=O. The Bertz CT molecular complexity index is 187. The van der Waals surface area contributed by atoms with Gasteiger partial charge in [-0.15, -0.1) is 0 Å². The average molecular weight is 158 g/mol. The maximum Gasteiger partial charge on any atom is 0.309 e. The first-order chi connectivity index (χ1) is 5.11. The second-order valence-corrected chi connectivity index (χ2v) is 2.80. The van der Waals surface area contributed by atoms with Crippen molar-refractivity contribution >= 4 is 11.9 Å². The molecule has 62 valence electrons. The lowest BCUT2D eigenvalue weighted by atomic mass is 9.94. The van der Waals surface area contributed by atoms with Crippen LogP contribution in [0.2, 0.25) is 0 Å². The van der Waals surface area contributed by atoms with Gasteiger partial charge in [0.25, 0.3) is 0 Å². The molecule has 0 bridgehead atoms. The summed E-state index contributed by atoms with van der Waals surface area (Å²) in [4.78, 5) is 21.2. The third-order valence-electron chi connectivity index (χ3n) is 1.82. The number of carbonyl (C=O) groups excluding carboxylic acids is 1. The van der Waals surface area contributed by atoms with Crippen molar-refractivity contribution in [3.8, 4) is 0 Å². The van der Waals surface area contributed by atoms with Crippen LogP contribution in [0.4, 0.5) is 0 Å². The standard InChI is InChI=1S/C7H10O4/c1-4-2-5(6(8)9)3-11-7(4)10/h4-5H,2-3H2,1H3,(H,8,9). The van der Waals surface area contributed by atoms with Gasteiger partial charge >= 0.3 is 11.9 Å². The lowest BCUT2D eigenvalue weighted by molar-refractivity contribution is -0.161. The Morgan fingerprint density at radius 2 is 2.36 bits per heavy atom. The Labute approximate surface area is 64.2 Å². The Morgan fingerprint density at radius 1 is 1.73 bits per heavy atom. The molecule has 0 aromatic carbocycles. The number of carbonyl (C=O) groups is 2. The molecule has 0 spiro atoms. The Balaban J connectivity index is 2.52. The van der Waals surface area contributed by atoms with Crippen LogP contribution in [0.1, 0.15) is 13.3 Å². The van der Waals surface area contributed by atoms with Crippen LogP contribution in [0.25, 0.3) is 0 Å². The van der Waals surface area contributed by atoms with E-state index < -0.39 is 11.9 Å². The van der Waals surface area contributed by atoms with Gasteiger partial charge in [-0.25, -0.2) is 0 Å². The monoisotopic (exact) mass is 158 g/mol. The first kappa shape index (κ1) is 8.04. The molecular formula is C7H10O4. The van der Waals surface area contributed by atoms with Crippen LogP contribution in [0.15, 0.2) is 0 Å². The molecule has 0 aromatic rings. The molecule has 1 N–H and O–H groups in total. The molecule has 11 heavy (non-hydrogen) atoms. The lowest BCUT2D eigenvalue weighted by Gasteiger charge is -2.22. The van der Waals surface area contributed by atoms with Crippen molar-refractivity contribution in [3.63, 3.8) is 0 Å². The van der Waals surface area contributed by atoms with Gasteiger partial charge in [0.05, 0.1) is 11.8 Å². The van der Waals surface area contributed by atoms with Gasteiger partial charge in [-0.2, -0.15) is 0 Å². The van der Waals surface area contributed by atoms with Gasteiger partial charge in [0.2, 0.25) is 0 Å². The van der Waals surface area contributed by atoms with Crippen molar-refractivity contribution in [3.05, 3.63) is 0 Å². The number of ether oxygens (including phenoxy) is 1. The van der Waals surface area contributed by atoms with E-state index >= 15 is 0 Å². The molecule has 0 amide bonds. The number of aliphatic carboxylic acids is 1. The van der Waals surface area contributed by atoms with E-state index in [1.165, 1.54) is 0 Å². The molecule has 1 rings (SSSR count). The van der Waals surface area contributed by atoms with Crippen LogP contribution in [-0.4, -0.2) is 23.7 Å². The number of carboxylic acid groups (broad SMARTS) is 1. The molecule has 0 aliphatic carbocycles. The van der Waals surface area contributed by atoms with E-state index in [4.69, 9.17) is 5.11 Å². The average Bonchev–Trinajstić information content (AvgIpc) is 1.94. The van der Waals surface area contributed by atoms with Gasteiger partial charge in [0.1, 0.15) is 6.61 Å². The molecule has 0 aromatic heterocycles. The van der Waals surface area contributed by atoms with Gasteiger partial charge in [-0.05, 0) is 6.42 Å².